The molecule has 24 heavy (non-hydrogen) atoms. The molecule has 0 fully saturated rings. The van der Waals surface area contributed by atoms with Crippen LogP contribution in [0.25, 0.3) is 0 Å². The summed E-state index contributed by atoms with van der Waals surface area (Å²) in [6.07, 6.45) is 0. The van der Waals surface area contributed by atoms with E-state index in [1.54, 1.807) is 37.4 Å². The van der Waals surface area contributed by atoms with Crippen LogP contribution in [-0.4, -0.2) is 31.3 Å². The van der Waals surface area contributed by atoms with E-state index in [-0.39, 0.29) is 9.49 Å². The van der Waals surface area contributed by atoms with Crippen LogP contribution < -0.4 is 0 Å². The Morgan fingerprint density at radius 1 is 0.750 bits per heavy atom. The van der Waals surface area contributed by atoms with Crippen LogP contribution >= 0.6 is 23.5 Å². The highest BCUT2D eigenvalue weighted by Crippen LogP contribution is 2.41. The van der Waals surface area contributed by atoms with Crippen molar-refractivity contribution in [3.05, 3.63) is 23.3 Å². The molecule has 0 aliphatic rings. The molecular formula is C18H28N2O2S2. The van der Waals surface area contributed by atoms with Gasteiger partial charge >= 0.3 is 0 Å². The first-order chi connectivity index (χ1) is 10.9. The van der Waals surface area contributed by atoms with E-state index < -0.39 is 0 Å². The van der Waals surface area contributed by atoms with Crippen LogP contribution in [0.5, 0.6) is 0 Å². The lowest BCUT2D eigenvalue weighted by Gasteiger charge is -2.24. The molecule has 134 valence electrons. The smallest absolute Gasteiger partial charge is 0.0848 e. The van der Waals surface area contributed by atoms with Crippen LogP contribution in [0.15, 0.2) is 32.2 Å². The maximum Gasteiger partial charge on any atom is 0.0848 e. The van der Waals surface area contributed by atoms with E-state index in [9.17, 15) is 10.4 Å². The van der Waals surface area contributed by atoms with Gasteiger partial charge in [-0.1, -0.05) is 51.9 Å². The van der Waals surface area contributed by atoms with Gasteiger partial charge in [-0.05, 0) is 26.0 Å². The molecule has 0 radical (unpaired) electrons. The van der Waals surface area contributed by atoms with Crippen LogP contribution in [0.2, 0.25) is 0 Å². The SMILES string of the molecule is C/C(=N\O)c1cc(/C(C)=N/O)c(SC(C)(C)C)cc1SC(C)(C)C. The summed E-state index contributed by atoms with van der Waals surface area (Å²) in [6, 6.07) is 4.06. The molecule has 1 rings (SSSR count). The van der Waals surface area contributed by atoms with Crippen molar-refractivity contribution < 1.29 is 10.4 Å². The molecule has 2 N–H and O–H groups in total. The Labute approximate surface area is 153 Å². The molecule has 0 spiro atoms. The summed E-state index contributed by atoms with van der Waals surface area (Å²) in [5.74, 6) is 0. The Kier molecular flexibility index (Phi) is 6.82. The van der Waals surface area contributed by atoms with Gasteiger partial charge in [-0.3, -0.25) is 0 Å². The molecule has 0 amide bonds. The largest absolute Gasteiger partial charge is 0.411 e. The fourth-order valence-electron chi connectivity index (χ4n) is 2.06. The van der Waals surface area contributed by atoms with Crippen molar-refractivity contribution in [2.45, 2.75) is 74.7 Å². The van der Waals surface area contributed by atoms with Gasteiger partial charge in [-0.15, -0.1) is 23.5 Å². The minimum absolute atomic E-state index is 0.0236. The van der Waals surface area contributed by atoms with E-state index in [4.69, 9.17) is 0 Å². The van der Waals surface area contributed by atoms with Crippen molar-refractivity contribution in [3.63, 3.8) is 0 Å². The van der Waals surface area contributed by atoms with Crippen LogP contribution in [0.1, 0.15) is 66.5 Å². The quantitative estimate of drug-likeness (QED) is 0.302. The van der Waals surface area contributed by atoms with Gasteiger partial charge in [-0.25, -0.2) is 0 Å². The molecule has 0 heterocycles. The van der Waals surface area contributed by atoms with Gasteiger partial charge in [-0.2, -0.15) is 0 Å². The van der Waals surface area contributed by atoms with Crippen LogP contribution in [0.4, 0.5) is 0 Å². The van der Waals surface area contributed by atoms with E-state index in [0.29, 0.717) is 11.4 Å². The fourth-order valence-corrected chi connectivity index (χ4v) is 4.44. The third kappa shape index (κ3) is 6.06. The first kappa shape index (κ1) is 20.9. The lowest BCUT2D eigenvalue weighted by molar-refractivity contribution is 0.319. The van der Waals surface area contributed by atoms with Crippen molar-refractivity contribution in [2.75, 3.05) is 0 Å². The normalized spacial score (nSPS) is 14.2. The van der Waals surface area contributed by atoms with Crippen LogP contribution in [0, 0.1) is 0 Å². The Bertz CT molecular complexity index is 601. The van der Waals surface area contributed by atoms with E-state index >= 15 is 0 Å². The highest BCUT2D eigenvalue weighted by atomic mass is 32.2. The maximum absolute atomic E-state index is 9.25. The predicted molar refractivity (Wildman–Crippen MR) is 106 cm³/mol. The van der Waals surface area contributed by atoms with Crippen molar-refractivity contribution >= 4 is 34.9 Å². The van der Waals surface area contributed by atoms with Gasteiger partial charge in [0.05, 0.1) is 11.4 Å². The van der Waals surface area contributed by atoms with E-state index in [0.717, 1.165) is 20.9 Å². The van der Waals surface area contributed by atoms with Crippen molar-refractivity contribution in [1.82, 2.24) is 0 Å². The zero-order chi connectivity index (χ0) is 18.7. The number of benzene rings is 1. The average molecular weight is 369 g/mol. The fraction of sp³-hybridized carbons (Fsp3) is 0.556. The molecule has 0 aromatic heterocycles. The third-order valence-corrected chi connectivity index (χ3v) is 5.33. The standard InChI is InChI=1S/C18H28N2O2S2/c1-11(19-21)13-9-14(12(2)20-22)16(24-18(6,7)8)10-15(13)23-17(3,4)5/h9-10,21-22H,1-8H3/b19-11+,20-12+. The summed E-state index contributed by atoms with van der Waals surface area (Å²) in [7, 11) is 0. The molecule has 1 aromatic rings. The number of oxime groups is 2. The first-order valence-corrected chi connectivity index (χ1v) is 9.45. The van der Waals surface area contributed by atoms with Crippen LogP contribution in [-0.2, 0) is 0 Å². The minimum atomic E-state index is 0.0236. The number of thioether (sulfide) groups is 2. The maximum atomic E-state index is 9.25. The molecular weight excluding hydrogens is 340 g/mol. The lowest BCUT2D eigenvalue weighted by atomic mass is 10.0. The topological polar surface area (TPSA) is 65.2 Å². The molecule has 0 bridgehead atoms. The summed E-state index contributed by atoms with van der Waals surface area (Å²) < 4.78 is 0.0472. The Morgan fingerprint density at radius 2 is 1.08 bits per heavy atom. The molecule has 0 aliphatic carbocycles. The predicted octanol–water partition coefficient (Wildman–Crippen LogP) is 5.86. The summed E-state index contributed by atoms with van der Waals surface area (Å²) >= 11 is 3.46. The molecule has 6 heteroatoms. The number of rotatable bonds is 4. The molecule has 0 saturated heterocycles. The molecule has 0 aliphatic heterocycles. The second-order valence-corrected chi connectivity index (χ2v) is 11.4. The number of hydrogen-bond donors (Lipinski definition) is 2. The van der Waals surface area contributed by atoms with Crippen LogP contribution in [0.3, 0.4) is 0 Å². The highest BCUT2D eigenvalue weighted by molar-refractivity contribution is 8.01. The van der Waals surface area contributed by atoms with Crippen molar-refractivity contribution in [3.8, 4) is 0 Å². The van der Waals surface area contributed by atoms with Crippen molar-refractivity contribution in [1.29, 1.82) is 0 Å². The number of hydrogen-bond acceptors (Lipinski definition) is 6. The minimum Gasteiger partial charge on any atom is -0.411 e. The van der Waals surface area contributed by atoms with Gasteiger partial charge in [0.2, 0.25) is 0 Å². The Hall–Kier alpha value is -1.14. The van der Waals surface area contributed by atoms with Gasteiger partial charge in [0.15, 0.2) is 0 Å². The molecule has 4 nitrogen and oxygen atoms in total. The Balaban J connectivity index is 3.65. The van der Waals surface area contributed by atoms with Gasteiger partial charge in [0, 0.05) is 30.4 Å². The molecule has 1 aromatic carbocycles. The summed E-state index contributed by atoms with van der Waals surface area (Å²) in [5.41, 5.74) is 2.80. The van der Waals surface area contributed by atoms with E-state index in [2.05, 4.69) is 57.9 Å². The highest BCUT2D eigenvalue weighted by Gasteiger charge is 2.22. The van der Waals surface area contributed by atoms with Gasteiger partial charge in [0.1, 0.15) is 0 Å². The van der Waals surface area contributed by atoms with Gasteiger partial charge < -0.3 is 10.4 Å². The average Bonchev–Trinajstić information content (AvgIpc) is 2.42. The third-order valence-electron chi connectivity index (χ3n) is 2.99. The second-order valence-electron chi connectivity index (χ2n) is 7.64. The molecule has 0 saturated carbocycles. The first-order valence-electron chi connectivity index (χ1n) is 7.82. The monoisotopic (exact) mass is 368 g/mol. The number of nitrogens with zero attached hydrogens (tertiary/aromatic N) is 2. The van der Waals surface area contributed by atoms with Crippen molar-refractivity contribution in [2.24, 2.45) is 10.3 Å². The lowest BCUT2D eigenvalue weighted by Crippen LogP contribution is -2.13. The second kappa shape index (κ2) is 7.83. The zero-order valence-electron chi connectivity index (χ0n) is 15.8. The molecule has 0 unspecified atom stereocenters. The summed E-state index contributed by atoms with van der Waals surface area (Å²) in [4.78, 5) is 2.11. The summed E-state index contributed by atoms with van der Waals surface area (Å²) in [6.45, 7) is 16.4. The van der Waals surface area contributed by atoms with Gasteiger partial charge in [0.25, 0.3) is 0 Å². The van der Waals surface area contributed by atoms with E-state index in [1.165, 1.54) is 0 Å². The molecule has 0 atom stereocenters. The summed E-state index contributed by atoms with van der Waals surface area (Å²) in [5, 5.41) is 25.2. The van der Waals surface area contributed by atoms with E-state index in [1.807, 2.05) is 6.07 Å². The zero-order valence-corrected chi connectivity index (χ0v) is 17.4. The Morgan fingerprint density at radius 3 is 1.33 bits per heavy atom.